The SMILES string of the molecule is O=C(O)c1cc2c(cc1NC(=O)C1CCCC1)OCCCO2. The molecule has 118 valence electrons. The van der Waals surface area contributed by atoms with E-state index in [2.05, 4.69) is 5.32 Å². The summed E-state index contributed by atoms with van der Waals surface area (Å²) in [5, 5.41) is 12.1. The van der Waals surface area contributed by atoms with Gasteiger partial charge in [-0.25, -0.2) is 4.79 Å². The Bertz CT molecular complexity index is 592. The van der Waals surface area contributed by atoms with Crippen LogP contribution >= 0.6 is 0 Å². The van der Waals surface area contributed by atoms with Crippen molar-refractivity contribution in [1.82, 2.24) is 0 Å². The number of aromatic carboxylic acids is 1. The van der Waals surface area contributed by atoms with E-state index in [4.69, 9.17) is 9.47 Å². The number of carbonyl (C=O) groups excluding carboxylic acids is 1. The third kappa shape index (κ3) is 3.00. The van der Waals surface area contributed by atoms with Gasteiger partial charge in [0.1, 0.15) is 0 Å². The molecule has 1 aliphatic carbocycles. The number of ether oxygens (including phenoxy) is 2. The predicted molar refractivity (Wildman–Crippen MR) is 79.6 cm³/mol. The molecule has 3 rings (SSSR count). The Morgan fingerprint density at radius 1 is 1.05 bits per heavy atom. The van der Waals surface area contributed by atoms with Gasteiger partial charge in [-0.05, 0) is 12.8 Å². The third-order valence-electron chi connectivity index (χ3n) is 4.10. The van der Waals surface area contributed by atoms with Crippen LogP contribution in [0.15, 0.2) is 12.1 Å². The fourth-order valence-corrected chi connectivity index (χ4v) is 2.91. The van der Waals surface area contributed by atoms with Crippen molar-refractivity contribution >= 4 is 17.6 Å². The van der Waals surface area contributed by atoms with Crippen molar-refractivity contribution in [1.29, 1.82) is 0 Å². The molecule has 2 N–H and O–H groups in total. The average Bonchev–Trinajstić information content (AvgIpc) is 2.93. The molecule has 1 aliphatic heterocycles. The highest BCUT2D eigenvalue weighted by molar-refractivity contribution is 6.02. The molecule has 0 spiro atoms. The molecule has 1 amide bonds. The second-order valence-corrected chi connectivity index (χ2v) is 5.67. The zero-order valence-electron chi connectivity index (χ0n) is 12.3. The number of hydrogen-bond donors (Lipinski definition) is 2. The number of nitrogens with one attached hydrogen (secondary N) is 1. The minimum Gasteiger partial charge on any atom is -0.490 e. The highest BCUT2D eigenvalue weighted by Crippen LogP contribution is 2.36. The van der Waals surface area contributed by atoms with Gasteiger partial charge in [0, 0.05) is 24.5 Å². The van der Waals surface area contributed by atoms with Crippen LogP contribution in [0.3, 0.4) is 0 Å². The molecule has 6 heteroatoms. The predicted octanol–water partition coefficient (Wildman–Crippen LogP) is 2.67. The van der Waals surface area contributed by atoms with Gasteiger partial charge in [-0.1, -0.05) is 12.8 Å². The summed E-state index contributed by atoms with van der Waals surface area (Å²) in [6, 6.07) is 2.98. The van der Waals surface area contributed by atoms with Crippen LogP contribution in [0.25, 0.3) is 0 Å². The normalized spacial score (nSPS) is 17.8. The molecule has 0 aromatic heterocycles. The third-order valence-corrected chi connectivity index (χ3v) is 4.10. The van der Waals surface area contributed by atoms with E-state index in [1.807, 2.05) is 0 Å². The van der Waals surface area contributed by atoms with E-state index in [1.54, 1.807) is 6.07 Å². The van der Waals surface area contributed by atoms with Gasteiger partial charge in [-0.2, -0.15) is 0 Å². The fourth-order valence-electron chi connectivity index (χ4n) is 2.91. The van der Waals surface area contributed by atoms with Gasteiger partial charge in [0.2, 0.25) is 5.91 Å². The van der Waals surface area contributed by atoms with Crippen molar-refractivity contribution in [2.24, 2.45) is 5.92 Å². The lowest BCUT2D eigenvalue weighted by Crippen LogP contribution is -2.21. The summed E-state index contributed by atoms with van der Waals surface area (Å²) < 4.78 is 11.1. The molecule has 6 nitrogen and oxygen atoms in total. The number of anilines is 1. The molecule has 1 heterocycles. The van der Waals surface area contributed by atoms with Crippen molar-refractivity contribution in [3.63, 3.8) is 0 Å². The number of carbonyl (C=O) groups is 2. The van der Waals surface area contributed by atoms with Crippen LogP contribution in [0, 0.1) is 5.92 Å². The number of rotatable bonds is 3. The highest BCUT2D eigenvalue weighted by Gasteiger charge is 2.25. The van der Waals surface area contributed by atoms with Crippen molar-refractivity contribution < 1.29 is 24.2 Å². The number of fused-ring (bicyclic) bond motifs is 1. The zero-order valence-corrected chi connectivity index (χ0v) is 12.3. The largest absolute Gasteiger partial charge is 0.490 e. The Balaban J connectivity index is 1.89. The van der Waals surface area contributed by atoms with E-state index in [1.165, 1.54) is 6.07 Å². The van der Waals surface area contributed by atoms with Crippen molar-refractivity contribution in [2.45, 2.75) is 32.1 Å². The summed E-state index contributed by atoms with van der Waals surface area (Å²) in [6.07, 6.45) is 4.55. The Kier molecular flexibility index (Phi) is 4.18. The number of carboxylic acid groups (broad SMARTS) is 1. The van der Waals surface area contributed by atoms with Gasteiger partial charge >= 0.3 is 5.97 Å². The quantitative estimate of drug-likeness (QED) is 0.897. The Labute approximate surface area is 128 Å². The summed E-state index contributed by atoms with van der Waals surface area (Å²) in [5.74, 6) is -0.359. The summed E-state index contributed by atoms with van der Waals surface area (Å²) >= 11 is 0. The number of carboxylic acids is 1. The van der Waals surface area contributed by atoms with Crippen LogP contribution in [0.4, 0.5) is 5.69 Å². The van der Waals surface area contributed by atoms with E-state index in [0.29, 0.717) is 24.7 Å². The Hall–Kier alpha value is -2.24. The minimum absolute atomic E-state index is 0.0237. The van der Waals surface area contributed by atoms with Crippen LogP contribution < -0.4 is 14.8 Å². The molecule has 1 saturated carbocycles. The summed E-state index contributed by atoms with van der Waals surface area (Å²) in [4.78, 5) is 23.7. The zero-order chi connectivity index (χ0) is 15.5. The van der Waals surface area contributed by atoms with E-state index >= 15 is 0 Å². The Morgan fingerprint density at radius 2 is 1.68 bits per heavy atom. The van der Waals surface area contributed by atoms with Crippen LogP contribution in [0.1, 0.15) is 42.5 Å². The highest BCUT2D eigenvalue weighted by atomic mass is 16.5. The van der Waals surface area contributed by atoms with Gasteiger partial charge < -0.3 is 19.9 Å². The maximum atomic E-state index is 12.2. The molecular formula is C16H19NO5. The van der Waals surface area contributed by atoms with Crippen molar-refractivity contribution in [3.05, 3.63) is 17.7 Å². The summed E-state index contributed by atoms with van der Waals surface area (Å²) in [7, 11) is 0. The monoisotopic (exact) mass is 305 g/mol. The molecule has 22 heavy (non-hydrogen) atoms. The average molecular weight is 305 g/mol. The molecule has 1 aromatic rings. The molecule has 0 bridgehead atoms. The Morgan fingerprint density at radius 3 is 2.32 bits per heavy atom. The lowest BCUT2D eigenvalue weighted by atomic mass is 10.1. The first-order valence-electron chi connectivity index (χ1n) is 7.63. The van der Waals surface area contributed by atoms with Gasteiger partial charge in [-0.3, -0.25) is 4.79 Å². The van der Waals surface area contributed by atoms with Crippen molar-refractivity contribution in [2.75, 3.05) is 18.5 Å². The lowest BCUT2D eigenvalue weighted by molar-refractivity contribution is -0.119. The molecule has 0 radical (unpaired) electrons. The minimum atomic E-state index is -1.10. The second-order valence-electron chi connectivity index (χ2n) is 5.67. The van der Waals surface area contributed by atoms with E-state index in [0.717, 1.165) is 32.1 Å². The summed E-state index contributed by atoms with van der Waals surface area (Å²) in [6.45, 7) is 0.995. The first-order chi connectivity index (χ1) is 10.6. The van der Waals surface area contributed by atoms with E-state index < -0.39 is 5.97 Å². The van der Waals surface area contributed by atoms with Crippen LogP contribution in [-0.4, -0.2) is 30.2 Å². The first-order valence-corrected chi connectivity index (χ1v) is 7.63. The number of benzene rings is 1. The maximum Gasteiger partial charge on any atom is 0.337 e. The van der Waals surface area contributed by atoms with Gasteiger partial charge in [0.25, 0.3) is 0 Å². The second kappa shape index (κ2) is 6.25. The first kappa shape index (κ1) is 14.7. The smallest absolute Gasteiger partial charge is 0.337 e. The van der Waals surface area contributed by atoms with Crippen molar-refractivity contribution in [3.8, 4) is 11.5 Å². The molecule has 1 aromatic carbocycles. The molecule has 0 unspecified atom stereocenters. The van der Waals surface area contributed by atoms with E-state index in [9.17, 15) is 14.7 Å². The van der Waals surface area contributed by atoms with Crippen LogP contribution in [0.5, 0.6) is 11.5 Å². The molecule has 0 atom stereocenters. The lowest BCUT2D eigenvalue weighted by Gasteiger charge is -2.15. The maximum absolute atomic E-state index is 12.2. The summed E-state index contributed by atoms with van der Waals surface area (Å²) in [5.41, 5.74) is 0.296. The molecule has 2 aliphatic rings. The van der Waals surface area contributed by atoms with Crippen LogP contribution in [0.2, 0.25) is 0 Å². The standard InChI is InChI=1S/C16H19NO5/c18-15(10-4-1-2-5-10)17-12-9-14-13(8-11(12)16(19)20)21-6-3-7-22-14/h8-10H,1-7H2,(H,17,18)(H,19,20). The number of amides is 1. The van der Waals surface area contributed by atoms with Gasteiger partial charge in [0.05, 0.1) is 24.5 Å². The molecular weight excluding hydrogens is 286 g/mol. The fraction of sp³-hybridized carbons (Fsp3) is 0.500. The van der Waals surface area contributed by atoms with Gasteiger partial charge in [0.15, 0.2) is 11.5 Å². The van der Waals surface area contributed by atoms with Gasteiger partial charge in [-0.15, -0.1) is 0 Å². The topological polar surface area (TPSA) is 84.9 Å². The number of hydrogen-bond acceptors (Lipinski definition) is 4. The van der Waals surface area contributed by atoms with E-state index in [-0.39, 0.29) is 23.1 Å². The molecule has 1 fully saturated rings. The van der Waals surface area contributed by atoms with Crippen LogP contribution in [-0.2, 0) is 4.79 Å². The molecule has 0 saturated heterocycles.